The van der Waals surface area contributed by atoms with Gasteiger partial charge in [-0.25, -0.2) is 8.78 Å². The minimum Gasteiger partial charge on any atom is -0.322 e. The average molecular weight is 373 g/mol. The van der Waals surface area contributed by atoms with Crippen molar-refractivity contribution in [2.45, 2.75) is 19.9 Å². The molecule has 2 N–H and O–H groups in total. The number of rotatable bonds is 5. The van der Waals surface area contributed by atoms with E-state index < -0.39 is 17.7 Å². The molecular formula is C17H16Cl2F2N2O. The first kappa shape index (κ1) is 18.6. The third kappa shape index (κ3) is 4.44. The van der Waals surface area contributed by atoms with Crippen LogP contribution in [0.3, 0.4) is 0 Å². The van der Waals surface area contributed by atoms with Gasteiger partial charge in [0, 0.05) is 17.7 Å². The summed E-state index contributed by atoms with van der Waals surface area (Å²) in [5.41, 5.74) is 1.40. The molecule has 0 aromatic heterocycles. The highest BCUT2D eigenvalue weighted by Gasteiger charge is 2.15. The van der Waals surface area contributed by atoms with Gasteiger partial charge in [-0.1, -0.05) is 35.3 Å². The highest BCUT2D eigenvalue weighted by molar-refractivity contribution is 6.40. The molecule has 0 aliphatic heterocycles. The van der Waals surface area contributed by atoms with Crippen molar-refractivity contribution in [2.24, 2.45) is 0 Å². The monoisotopic (exact) mass is 372 g/mol. The normalized spacial score (nSPS) is 12.1. The number of hydrogen-bond donors (Lipinski definition) is 2. The van der Waals surface area contributed by atoms with Crippen LogP contribution >= 0.6 is 23.2 Å². The maximum atomic E-state index is 13.7. The molecule has 0 aliphatic carbocycles. The quantitative estimate of drug-likeness (QED) is 0.785. The van der Waals surface area contributed by atoms with E-state index in [1.165, 1.54) is 12.1 Å². The highest BCUT2D eigenvalue weighted by Crippen LogP contribution is 2.32. The minimum atomic E-state index is -0.666. The fourth-order valence-corrected chi connectivity index (χ4v) is 2.63. The Kier molecular flexibility index (Phi) is 6.15. The van der Waals surface area contributed by atoms with Gasteiger partial charge in [0.05, 0.1) is 22.3 Å². The van der Waals surface area contributed by atoms with Crippen molar-refractivity contribution in [3.05, 3.63) is 63.1 Å². The first-order valence-electron chi connectivity index (χ1n) is 7.22. The van der Waals surface area contributed by atoms with Gasteiger partial charge in [-0.05, 0) is 31.5 Å². The number of benzene rings is 2. The Morgan fingerprint density at radius 1 is 1.21 bits per heavy atom. The fourth-order valence-electron chi connectivity index (χ4n) is 2.16. The molecule has 0 aliphatic rings. The lowest BCUT2D eigenvalue weighted by molar-refractivity contribution is -0.115. The topological polar surface area (TPSA) is 41.1 Å². The van der Waals surface area contributed by atoms with Crippen LogP contribution in [0.1, 0.15) is 24.1 Å². The highest BCUT2D eigenvalue weighted by atomic mass is 35.5. The van der Waals surface area contributed by atoms with Gasteiger partial charge >= 0.3 is 0 Å². The zero-order valence-corrected chi connectivity index (χ0v) is 14.6. The SMILES string of the molecule is Cc1ccc(Cl)c(NC(=O)CN[C@H](C)c2ccc(F)cc2F)c1Cl. The molecular weight excluding hydrogens is 357 g/mol. The van der Waals surface area contributed by atoms with Crippen LogP contribution in [0.5, 0.6) is 0 Å². The maximum Gasteiger partial charge on any atom is 0.238 e. The first-order valence-corrected chi connectivity index (χ1v) is 7.98. The summed E-state index contributed by atoms with van der Waals surface area (Å²) < 4.78 is 26.6. The summed E-state index contributed by atoms with van der Waals surface area (Å²) in [6.07, 6.45) is 0. The first-order chi connectivity index (χ1) is 11.3. The molecule has 128 valence electrons. The lowest BCUT2D eigenvalue weighted by Crippen LogP contribution is -2.30. The van der Waals surface area contributed by atoms with Crippen molar-refractivity contribution in [3.8, 4) is 0 Å². The number of anilines is 1. The van der Waals surface area contributed by atoms with Gasteiger partial charge in [-0.2, -0.15) is 0 Å². The van der Waals surface area contributed by atoms with Crippen molar-refractivity contribution in [3.63, 3.8) is 0 Å². The van der Waals surface area contributed by atoms with E-state index in [-0.39, 0.29) is 18.0 Å². The zero-order valence-electron chi connectivity index (χ0n) is 13.1. The Morgan fingerprint density at radius 2 is 1.92 bits per heavy atom. The van der Waals surface area contributed by atoms with Gasteiger partial charge in [0.25, 0.3) is 0 Å². The lowest BCUT2D eigenvalue weighted by atomic mass is 10.1. The van der Waals surface area contributed by atoms with E-state index in [1.807, 2.05) is 0 Å². The van der Waals surface area contributed by atoms with Crippen LogP contribution in [0.4, 0.5) is 14.5 Å². The molecule has 2 aromatic carbocycles. The molecule has 0 radical (unpaired) electrons. The number of hydrogen-bond acceptors (Lipinski definition) is 2. The van der Waals surface area contributed by atoms with E-state index in [1.54, 1.807) is 26.0 Å². The van der Waals surface area contributed by atoms with Crippen molar-refractivity contribution < 1.29 is 13.6 Å². The predicted octanol–water partition coefficient (Wildman–Crippen LogP) is 4.87. The van der Waals surface area contributed by atoms with E-state index in [0.29, 0.717) is 15.7 Å². The van der Waals surface area contributed by atoms with Crippen molar-refractivity contribution in [1.82, 2.24) is 5.32 Å². The second-order valence-electron chi connectivity index (χ2n) is 5.37. The average Bonchev–Trinajstić information content (AvgIpc) is 2.53. The lowest BCUT2D eigenvalue weighted by Gasteiger charge is -2.16. The molecule has 2 aromatic rings. The van der Waals surface area contributed by atoms with Gasteiger partial charge in [0.15, 0.2) is 0 Å². The molecule has 0 saturated carbocycles. The fraction of sp³-hybridized carbons (Fsp3) is 0.235. The van der Waals surface area contributed by atoms with Gasteiger partial charge in [-0.3, -0.25) is 4.79 Å². The van der Waals surface area contributed by atoms with Crippen LogP contribution in [0.2, 0.25) is 10.0 Å². The van der Waals surface area contributed by atoms with Crippen LogP contribution < -0.4 is 10.6 Å². The van der Waals surface area contributed by atoms with Crippen molar-refractivity contribution >= 4 is 34.8 Å². The third-order valence-electron chi connectivity index (χ3n) is 3.55. The molecule has 7 heteroatoms. The van der Waals surface area contributed by atoms with E-state index >= 15 is 0 Å². The largest absolute Gasteiger partial charge is 0.322 e. The standard InChI is InChI=1S/C17H16Cl2F2N2O/c1-9-3-6-13(18)17(16(9)19)23-15(24)8-22-10(2)12-5-4-11(20)7-14(12)21/h3-7,10,22H,8H2,1-2H3,(H,23,24)/t10-/m1/s1. The summed E-state index contributed by atoms with van der Waals surface area (Å²) in [6.45, 7) is 3.39. The number of carbonyl (C=O) groups excluding carboxylic acids is 1. The smallest absolute Gasteiger partial charge is 0.238 e. The van der Waals surface area contributed by atoms with Crippen LogP contribution in [0.25, 0.3) is 0 Å². The van der Waals surface area contributed by atoms with Crippen LogP contribution in [-0.2, 0) is 4.79 Å². The summed E-state index contributed by atoms with van der Waals surface area (Å²) in [7, 11) is 0. The molecule has 2 rings (SSSR count). The Morgan fingerprint density at radius 3 is 2.58 bits per heavy atom. The second kappa shape index (κ2) is 7.92. The zero-order chi connectivity index (χ0) is 17.9. The number of amides is 1. The number of carbonyl (C=O) groups is 1. The van der Waals surface area contributed by atoms with Crippen LogP contribution in [-0.4, -0.2) is 12.5 Å². The Balaban J connectivity index is 2.00. The van der Waals surface area contributed by atoms with Crippen LogP contribution in [0.15, 0.2) is 30.3 Å². The maximum absolute atomic E-state index is 13.7. The van der Waals surface area contributed by atoms with Gasteiger partial charge in [-0.15, -0.1) is 0 Å². The number of halogens is 4. The Hall–Kier alpha value is -1.69. The minimum absolute atomic E-state index is 0.0847. The molecule has 0 bridgehead atoms. The van der Waals surface area contributed by atoms with Crippen molar-refractivity contribution in [1.29, 1.82) is 0 Å². The summed E-state index contributed by atoms with van der Waals surface area (Å²) >= 11 is 12.2. The second-order valence-corrected chi connectivity index (χ2v) is 6.16. The Bertz CT molecular complexity index is 768. The van der Waals surface area contributed by atoms with Gasteiger partial charge in [0.2, 0.25) is 5.91 Å². The predicted molar refractivity (Wildman–Crippen MR) is 92.6 cm³/mol. The molecule has 0 saturated heterocycles. The van der Waals surface area contributed by atoms with Gasteiger partial charge in [0.1, 0.15) is 11.6 Å². The molecule has 0 fully saturated rings. The molecule has 3 nitrogen and oxygen atoms in total. The van der Waals surface area contributed by atoms with E-state index in [9.17, 15) is 13.6 Å². The van der Waals surface area contributed by atoms with E-state index in [4.69, 9.17) is 23.2 Å². The molecule has 1 atom stereocenters. The van der Waals surface area contributed by atoms with E-state index in [2.05, 4.69) is 10.6 Å². The molecule has 0 heterocycles. The van der Waals surface area contributed by atoms with Crippen LogP contribution in [0, 0.1) is 18.6 Å². The molecule has 0 spiro atoms. The number of nitrogens with one attached hydrogen (secondary N) is 2. The molecule has 24 heavy (non-hydrogen) atoms. The third-order valence-corrected chi connectivity index (χ3v) is 4.35. The summed E-state index contributed by atoms with van der Waals surface area (Å²) in [5.74, 6) is -1.69. The summed E-state index contributed by atoms with van der Waals surface area (Å²) in [5, 5.41) is 6.20. The summed E-state index contributed by atoms with van der Waals surface area (Å²) in [6, 6.07) is 6.23. The summed E-state index contributed by atoms with van der Waals surface area (Å²) in [4.78, 5) is 12.1. The van der Waals surface area contributed by atoms with Gasteiger partial charge < -0.3 is 10.6 Å². The van der Waals surface area contributed by atoms with E-state index in [0.717, 1.165) is 11.6 Å². The molecule has 1 amide bonds. The number of aryl methyl sites for hydroxylation is 1. The Labute approximate surface area is 149 Å². The van der Waals surface area contributed by atoms with Crippen molar-refractivity contribution in [2.75, 3.05) is 11.9 Å². The molecule has 0 unspecified atom stereocenters.